The zero-order valence-electron chi connectivity index (χ0n) is 13.1. The van der Waals surface area contributed by atoms with Crippen LogP contribution in [0.5, 0.6) is 0 Å². The first kappa shape index (κ1) is 17.4. The summed E-state index contributed by atoms with van der Waals surface area (Å²) in [5, 5.41) is 12.1. The van der Waals surface area contributed by atoms with Gasteiger partial charge in [-0.2, -0.15) is 0 Å². The third-order valence-corrected chi connectivity index (χ3v) is 3.71. The van der Waals surface area contributed by atoms with E-state index in [2.05, 4.69) is 12.2 Å². The molecule has 0 aliphatic rings. The number of rotatable bonds is 9. The Morgan fingerprint density at radius 3 is 2.29 bits per heavy atom. The van der Waals surface area contributed by atoms with Gasteiger partial charge in [-0.25, -0.2) is 0 Å². The quantitative estimate of drug-likeness (QED) is 0.686. The number of carbonyl (C=O) groups excluding carboxylic acids is 1. The molecule has 116 valence electrons. The van der Waals surface area contributed by atoms with E-state index in [1.807, 2.05) is 38.1 Å². The molecule has 0 aliphatic carbocycles. The second kappa shape index (κ2) is 8.57. The molecule has 2 unspecified atom stereocenters. The SMILES string of the molecule is CCc1ccc(C(=O)C(CCC(=O)O)NC(C)CC)cc1. The van der Waals surface area contributed by atoms with Crippen molar-refractivity contribution in [3.63, 3.8) is 0 Å². The van der Waals surface area contributed by atoms with E-state index in [0.29, 0.717) is 12.0 Å². The molecule has 0 spiro atoms. The standard InChI is InChI=1S/C17H25NO3/c1-4-12(3)18-15(10-11-16(19)20)17(21)14-8-6-13(5-2)7-9-14/h6-9,12,15,18H,4-5,10-11H2,1-3H3,(H,19,20). The van der Waals surface area contributed by atoms with Crippen LogP contribution in [0.25, 0.3) is 0 Å². The summed E-state index contributed by atoms with van der Waals surface area (Å²) in [4.78, 5) is 23.3. The number of aliphatic carboxylic acids is 1. The summed E-state index contributed by atoms with van der Waals surface area (Å²) in [6.45, 7) is 6.10. The van der Waals surface area contributed by atoms with Crippen molar-refractivity contribution in [2.45, 2.75) is 58.5 Å². The van der Waals surface area contributed by atoms with Crippen molar-refractivity contribution in [2.24, 2.45) is 0 Å². The number of carboxylic acids is 1. The van der Waals surface area contributed by atoms with E-state index in [-0.39, 0.29) is 18.2 Å². The number of hydrogen-bond donors (Lipinski definition) is 2. The lowest BCUT2D eigenvalue weighted by Crippen LogP contribution is -2.42. The monoisotopic (exact) mass is 291 g/mol. The molecule has 2 N–H and O–H groups in total. The Bertz CT molecular complexity index is 467. The molecule has 0 saturated heterocycles. The third kappa shape index (κ3) is 5.68. The minimum atomic E-state index is -0.875. The van der Waals surface area contributed by atoms with Crippen LogP contribution >= 0.6 is 0 Å². The minimum absolute atomic E-state index is 0.00706. The first-order chi connectivity index (χ1) is 9.97. The topological polar surface area (TPSA) is 66.4 Å². The van der Waals surface area contributed by atoms with Crippen LogP contribution in [0, 0.1) is 0 Å². The van der Waals surface area contributed by atoms with E-state index < -0.39 is 12.0 Å². The van der Waals surface area contributed by atoms with E-state index in [0.717, 1.165) is 12.8 Å². The van der Waals surface area contributed by atoms with Gasteiger partial charge in [0.25, 0.3) is 0 Å². The van der Waals surface area contributed by atoms with Crippen molar-refractivity contribution in [2.75, 3.05) is 0 Å². The Morgan fingerprint density at radius 1 is 1.19 bits per heavy atom. The van der Waals surface area contributed by atoms with Crippen molar-refractivity contribution in [1.29, 1.82) is 0 Å². The average molecular weight is 291 g/mol. The smallest absolute Gasteiger partial charge is 0.303 e. The number of nitrogens with one attached hydrogen (secondary N) is 1. The van der Waals surface area contributed by atoms with Gasteiger partial charge in [-0.05, 0) is 31.7 Å². The van der Waals surface area contributed by atoms with Crippen LogP contribution in [0.4, 0.5) is 0 Å². The third-order valence-electron chi connectivity index (χ3n) is 3.71. The van der Waals surface area contributed by atoms with Gasteiger partial charge in [-0.15, -0.1) is 0 Å². The molecule has 0 radical (unpaired) electrons. The second-order valence-electron chi connectivity index (χ2n) is 5.38. The summed E-state index contributed by atoms with van der Waals surface area (Å²) >= 11 is 0. The van der Waals surface area contributed by atoms with Gasteiger partial charge in [0, 0.05) is 18.0 Å². The molecule has 1 aromatic rings. The number of aryl methyl sites for hydroxylation is 1. The normalized spacial score (nSPS) is 13.7. The molecule has 0 fully saturated rings. The zero-order chi connectivity index (χ0) is 15.8. The van der Waals surface area contributed by atoms with Crippen LogP contribution in [-0.4, -0.2) is 28.9 Å². The highest BCUT2D eigenvalue weighted by molar-refractivity contribution is 6.00. The molecular weight excluding hydrogens is 266 g/mol. The summed E-state index contributed by atoms with van der Waals surface area (Å²) in [5.74, 6) is -0.903. The Kier molecular flexibility index (Phi) is 7.09. The molecule has 4 heteroatoms. The predicted molar refractivity (Wildman–Crippen MR) is 83.7 cm³/mol. The lowest BCUT2D eigenvalue weighted by molar-refractivity contribution is -0.137. The Morgan fingerprint density at radius 2 is 1.81 bits per heavy atom. The number of Topliss-reactive ketones (excluding diaryl/α,β-unsaturated/α-hetero) is 1. The van der Waals surface area contributed by atoms with E-state index >= 15 is 0 Å². The summed E-state index contributed by atoms with van der Waals surface area (Å²) in [6.07, 6.45) is 2.13. The minimum Gasteiger partial charge on any atom is -0.481 e. The lowest BCUT2D eigenvalue weighted by Gasteiger charge is -2.21. The fourth-order valence-corrected chi connectivity index (χ4v) is 2.13. The molecule has 0 heterocycles. The maximum absolute atomic E-state index is 12.6. The van der Waals surface area contributed by atoms with Gasteiger partial charge in [0.15, 0.2) is 5.78 Å². The van der Waals surface area contributed by atoms with E-state index in [4.69, 9.17) is 5.11 Å². The zero-order valence-corrected chi connectivity index (χ0v) is 13.1. The second-order valence-corrected chi connectivity index (χ2v) is 5.38. The van der Waals surface area contributed by atoms with Crippen LogP contribution in [-0.2, 0) is 11.2 Å². The summed E-state index contributed by atoms with van der Waals surface area (Å²) in [6, 6.07) is 7.29. The first-order valence-corrected chi connectivity index (χ1v) is 7.58. The lowest BCUT2D eigenvalue weighted by atomic mass is 9.98. The van der Waals surface area contributed by atoms with Gasteiger partial charge in [0.05, 0.1) is 6.04 Å². The molecule has 0 saturated carbocycles. The first-order valence-electron chi connectivity index (χ1n) is 7.58. The molecule has 0 bridgehead atoms. The maximum Gasteiger partial charge on any atom is 0.303 e. The number of carbonyl (C=O) groups is 2. The number of carboxylic acid groups (broad SMARTS) is 1. The highest BCUT2D eigenvalue weighted by Crippen LogP contribution is 2.12. The van der Waals surface area contributed by atoms with Crippen LogP contribution in [0.1, 0.15) is 56.0 Å². The summed E-state index contributed by atoms with van der Waals surface area (Å²) in [7, 11) is 0. The highest BCUT2D eigenvalue weighted by atomic mass is 16.4. The molecule has 0 aromatic heterocycles. The van der Waals surface area contributed by atoms with Crippen LogP contribution in [0.15, 0.2) is 24.3 Å². The molecule has 1 aromatic carbocycles. The number of benzene rings is 1. The molecule has 21 heavy (non-hydrogen) atoms. The van der Waals surface area contributed by atoms with Gasteiger partial charge in [-0.1, -0.05) is 38.1 Å². The fraction of sp³-hybridized carbons (Fsp3) is 0.529. The molecule has 4 nitrogen and oxygen atoms in total. The molecule has 1 rings (SSSR count). The Hall–Kier alpha value is -1.68. The highest BCUT2D eigenvalue weighted by Gasteiger charge is 2.22. The van der Waals surface area contributed by atoms with E-state index in [1.54, 1.807) is 0 Å². The van der Waals surface area contributed by atoms with Gasteiger partial charge in [0.1, 0.15) is 0 Å². The molecule has 0 aliphatic heterocycles. The summed E-state index contributed by atoms with van der Waals surface area (Å²) < 4.78 is 0. The van der Waals surface area contributed by atoms with Crippen molar-refractivity contribution in [3.05, 3.63) is 35.4 Å². The average Bonchev–Trinajstić information content (AvgIpc) is 2.50. The van der Waals surface area contributed by atoms with Crippen molar-refractivity contribution in [1.82, 2.24) is 5.32 Å². The molecule has 0 amide bonds. The van der Waals surface area contributed by atoms with Crippen LogP contribution in [0.3, 0.4) is 0 Å². The van der Waals surface area contributed by atoms with Crippen molar-refractivity contribution < 1.29 is 14.7 Å². The van der Waals surface area contributed by atoms with Crippen molar-refractivity contribution in [3.8, 4) is 0 Å². The van der Waals surface area contributed by atoms with E-state index in [9.17, 15) is 9.59 Å². The van der Waals surface area contributed by atoms with Crippen molar-refractivity contribution >= 4 is 11.8 Å². The van der Waals surface area contributed by atoms with Gasteiger partial charge >= 0.3 is 5.97 Å². The van der Waals surface area contributed by atoms with E-state index in [1.165, 1.54) is 5.56 Å². The van der Waals surface area contributed by atoms with Gasteiger partial charge in [0.2, 0.25) is 0 Å². The van der Waals surface area contributed by atoms with Gasteiger partial charge in [-0.3, -0.25) is 9.59 Å². The van der Waals surface area contributed by atoms with Gasteiger partial charge < -0.3 is 10.4 Å². The Labute approximate surface area is 126 Å². The number of ketones is 1. The van der Waals surface area contributed by atoms with Crippen LogP contribution in [0.2, 0.25) is 0 Å². The Balaban J connectivity index is 2.83. The largest absolute Gasteiger partial charge is 0.481 e. The van der Waals surface area contributed by atoms with Crippen LogP contribution < -0.4 is 5.32 Å². The maximum atomic E-state index is 12.6. The fourth-order valence-electron chi connectivity index (χ4n) is 2.13. The molecular formula is C17H25NO3. The predicted octanol–water partition coefficient (Wildman–Crippen LogP) is 3.05. The number of hydrogen-bond acceptors (Lipinski definition) is 3. The molecule has 2 atom stereocenters. The summed E-state index contributed by atoms with van der Waals surface area (Å²) in [5.41, 5.74) is 1.82.